The number of carbonyl (C=O) groups is 2. The number of fused-ring (bicyclic) bond motifs is 1. The Kier molecular flexibility index (Phi) is 9.80. The third-order valence-electron chi connectivity index (χ3n) is 6.60. The summed E-state index contributed by atoms with van der Waals surface area (Å²) < 4.78 is 29.9. The summed E-state index contributed by atoms with van der Waals surface area (Å²) >= 11 is 0. The summed E-state index contributed by atoms with van der Waals surface area (Å²) in [7, 11) is 3.01. The summed E-state index contributed by atoms with van der Waals surface area (Å²) in [6.07, 6.45) is 1.35. The summed E-state index contributed by atoms with van der Waals surface area (Å²) in [5.41, 5.74) is 1.56. The lowest BCUT2D eigenvalue weighted by Crippen LogP contribution is -2.45. The molecule has 4 rings (SSSR count). The molecule has 0 bridgehead atoms. The first-order valence-electron chi connectivity index (χ1n) is 13.5. The van der Waals surface area contributed by atoms with Gasteiger partial charge in [-0.05, 0) is 47.9 Å². The Morgan fingerprint density at radius 1 is 0.952 bits per heavy atom. The van der Waals surface area contributed by atoms with Crippen molar-refractivity contribution in [1.82, 2.24) is 9.80 Å². The molecule has 1 heterocycles. The highest BCUT2D eigenvalue weighted by atomic mass is 19.1. The van der Waals surface area contributed by atoms with Gasteiger partial charge in [-0.25, -0.2) is 9.18 Å². The van der Waals surface area contributed by atoms with Crippen molar-refractivity contribution in [2.45, 2.75) is 26.9 Å². The second-order valence-electron chi connectivity index (χ2n) is 10.2. The minimum atomic E-state index is -0.493. The third kappa shape index (κ3) is 7.45. The summed E-state index contributed by atoms with van der Waals surface area (Å²) in [5, 5.41) is 3.23. The highest BCUT2D eigenvalue weighted by Gasteiger charge is 2.24. The molecule has 0 radical (unpaired) electrons. The molecule has 0 saturated heterocycles. The first-order valence-corrected chi connectivity index (χ1v) is 13.5. The molecule has 0 aliphatic rings. The van der Waals surface area contributed by atoms with Crippen molar-refractivity contribution in [2.24, 2.45) is 5.92 Å². The molecule has 0 aliphatic carbocycles. The Morgan fingerprint density at radius 3 is 2.38 bits per heavy atom. The zero-order valence-corrected chi connectivity index (χ0v) is 24.1. The number of urea groups is 1. The maximum Gasteiger partial charge on any atom is 0.322 e. The molecular weight excluding hydrogens is 541 g/mol. The van der Waals surface area contributed by atoms with E-state index < -0.39 is 17.8 Å². The van der Waals surface area contributed by atoms with Crippen LogP contribution in [0.15, 0.2) is 82.2 Å². The second kappa shape index (κ2) is 13.7. The minimum Gasteiger partial charge on any atom is -0.497 e. The van der Waals surface area contributed by atoms with E-state index in [0.29, 0.717) is 40.3 Å². The van der Waals surface area contributed by atoms with Gasteiger partial charge >= 0.3 is 6.03 Å². The van der Waals surface area contributed by atoms with E-state index in [1.807, 2.05) is 13.8 Å². The molecule has 0 spiro atoms. The van der Waals surface area contributed by atoms with Crippen molar-refractivity contribution in [3.8, 4) is 11.5 Å². The van der Waals surface area contributed by atoms with Crippen LogP contribution < -0.4 is 20.2 Å². The van der Waals surface area contributed by atoms with Crippen LogP contribution in [0.25, 0.3) is 11.0 Å². The summed E-state index contributed by atoms with van der Waals surface area (Å²) in [6.45, 7) is 3.94. The molecule has 10 heteroatoms. The van der Waals surface area contributed by atoms with Crippen molar-refractivity contribution in [3.05, 3.63) is 100 Å². The van der Waals surface area contributed by atoms with Gasteiger partial charge in [0, 0.05) is 19.2 Å². The van der Waals surface area contributed by atoms with Gasteiger partial charge in [0.25, 0.3) is 0 Å². The van der Waals surface area contributed by atoms with Gasteiger partial charge in [0.2, 0.25) is 5.91 Å². The smallest absolute Gasteiger partial charge is 0.322 e. The molecule has 0 aliphatic heterocycles. The molecule has 0 saturated carbocycles. The van der Waals surface area contributed by atoms with E-state index >= 15 is 0 Å². The number of ether oxygens (including phenoxy) is 2. The van der Waals surface area contributed by atoms with Crippen LogP contribution in [0.3, 0.4) is 0 Å². The number of carbonyl (C=O) groups excluding carboxylic acids is 2. The maximum atomic E-state index is 13.8. The average molecular weight is 576 g/mol. The van der Waals surface area contributed by atoms with E-state index in [0.717, 1.165) is 0 Å². The van der Waals surface area contributed by atoms with Gasteiger partial charge in [0.1, 0.15) is 29.4 Å². The molecule has 42 heavy (non-hydrogen) atoms. The third-order valence-corrected chi connectivity index (χ3v) is 6.60. The predicted molar refractivity (Wildman–Crippen MR) is 158 cm³/mol. The van der Waals surface area contributed by atoms with Crippen LogP contribution in [0.4, 0.5) is 14.9 Å². The number of benzene rings is 3. The van der Waals surface area contributed by atoms with E-state index in [2.05, 4.69) is 5.32 Å². The van der Waals surface area contributed by atoms with Crippen LogP contribution in [-0.4, -0.2) is 49.0 Å². The lowest BCUT2D eigenvalue weighted by molar-refractivity contribution is -0.133. The van der Waals surface area contributed by atoms with Gasteiger partial charge in [-0.15, -0.1) is 0 Å². The number of nitrogens with one attached hydrogen (secondary N) is 1. The Labute approximate surface area is 243 Å². The maximum absolute atomic E-state index is 13.8. The van der Waals surface area contributed by atoms with Crippen LogP contribution >= 0.6 is 0 Å². The van der Waals surface area contributed by atoms with Gasteiger partial charge in [-0.1, -0.05) is 38.1 Å². The number of hydrogen-bond donors (Lipinski definition) is 1. The zero-order chi connectivity index (χ0) is 30.2. The fraction of sp³-hybridized carbons (Fsp3) is 0.281. The molecule has 1 aromatic heterocycles. The Bertz CT molecular complexity index is 1600. The van der Waals surface area contributed by atoms with Gasteiger partial charge < -0.3 is 29.0 Å². The number of halogens is 1. The molecule has 0 atom stereocenters. The fourth-order valence-corrected chi connectivity index (χ4v) is 4.49. The van der Waals surface area contributed by atoms with Crippen molar-refractivity contribution in [1.29, 1.82) is 0 Å². The Hall–Kier alpha value is -4.86. The second-order valence-corrected chi connectivity index (χ2v) is 10.2. The monoisotopic (exact) mass is 575 g/mol. The molecular formula is C32H34FN3O6. The average Bonchev–Trinajstić information content (AvgIpc) is 2.98. The standard InChI is InChI=1S/C32H34FN3O6/c1-21(2)16-36(32(39)34-27-14-13-25(40-3)15-29(27)41-4)19-30(37)35(17-22-9-11-24(33)12-10-22)18-23-20-42-28-8-6-5-7-26(28)31(23)38/h5-15,20-21H,16-19H2,1-4H3,(H,34,39). The summed E-state index contributed by atoms with van der Waals surface area (Å²) in [4.78, 5) is 43.3. The van der Waals surface area contributed by atoms with Crippen LogP contribution in [0, 0.1) is 11.7 Å². The molecule has 0 fully saturated rings. The Morgan fingerprint density at radius 2 is 1.69 bits per heavy atom. The number of nitrogens with zero attached hydrogens (tertiary/aromatic N) is 2. The largest absolute Gasteiger partial charge is 0.497 e. The van der Waals surface area contributed by atoms with Crippen LogP contribution in [0.1, 0.15) is 25.0 Å². The molecule has 3 aromatic carbocycles. The summed E-state index contributed by atoms with van der Waals surface area (Å²) in [6, 6.07) is 17.1. The van der Waals surface area contributed by atoms with Crippen LogP contribution in [0.5, 0.6) is 11.5 Å². The highest BCUT2D eigenvalue weighted by molar-refractivity contribution is 5.93. The van der Waals surface area contributed by atoms with E-state index in [1.165, 1.54) is 42.4 Å². The number of hydrogen-bond acceptors (Lipinski definition) is 6. The number of methoxy groups -OCH3 is 2. The molecule has 9 nitrogen and oxygen atoms in total. The van der Waals surface area contributed by atoms with Crippen LogP contribution in [0.2, 0.25) is 0 Å². The van der Waals surface area contributed by atoms with Crippen molar-refractivity contribution in [2.75, 3.05) is 32.6 Å². The Balaban J connectivity index is 1.61. The molecule has 220 valence electrons. The topological polar surface area (TPSA) is 101 Å². The zero-order valence-electron chi connectivity index (χ0n) is 24.1. The summed E-state index contributed by atoms with van der Waals surface area (Å²) in [5.74, 6) is 0.220. The van der Waals surface area contributed by atoms with Gasteiger partial charge in [-0.2, -0.15) is 0 Å². The van der Waals surface area contributed by atoms with Crippen LogP contribution in [-0.2, 0) is 17.9 Å². The molecule has 4 aromatic rings. The first-order chi connectivity index (χ1) is 20.2. The fourth-order valence-electron chi connectivity index (χ4n) is 4.49. The minimum absolute atomic E-state index is 0.0550. The van der Waals surface area contributed by atoms with Crippen molar-refractivity contribution < 1.29 is 27.9 Å². The molecule has 0 unspecified atom stereocenters. The van der Waals surface area contributed by atoms with E-state index in [1.54, 1.807) is 54.6 Å². The van der Waals surface area contributed by atoms with Crippen molar-refractivity contribution in [3.63, 3.8) is 0 Å². The number of amides is 3. The van der Waals surface area contributed by atoms with E-state index in [9.17, 15) is 18.8 Å². The highest BCUT2D eigenvalue weighted by Crippen LogP contribution is 2.29. The van der Waals surface area contributed by atoms with Gasteiger partial charge in [-0.3, -0.25) is 9.59 Å². The van der Waals surface area contributed by atoms with Gasteiger partial charge in [0.15, 0.2) is 5.43 Å². The van der Waals surface area contributed by atoms with E-state index in [-0.39, 0.29) is 36.5 Å². The lowest BCUT2D eigenvalue weighted by Gasteiger charge is -2.29. The van der Waals surface area contributed by atoms with Gasteiger partial charge in [0.05, 0.1) is 43.7 Å². The van der Waals surface area contributed by atoms with E-state index in [4.69, 9.17) is 13.9 Å². The SMILES string of the molecule is COc1ccc(NC(=O)N(CC(=O)N(Cc2ccc(F)cc2)Cc2coc3ccccc3c2=O)CC(C)C)c(OC)c1. The molecule has 1 N–H and O–H groups in total. The molecule has 3 amide bonds. The lowest BCUT2D eigenvalue weighted by atomic mass is 10.1. The normalized spacial score (nSPS) is 10.9. The first kappa shape index (κ1) is 30.1. The predicted octanol–water partition coefficient (Wildman–Crippen LogP) is 5.67. The number of rotatable bonds is 11. The quantitative estimate of drug-likeness (QED) is 0.247. The van der Waals surface area contributed by atoms with Crippen molar-refractivity contribution >= 4 is 28.6 Å². The number of para-hydroxylation sites is 1. The number of anilines is 1.